The van der Waals surface area contributed by atoms with Gasteiger partial charge in [0.2, 0.25) is 0 Å². The van der Waals surface area contributed by atoms with Gasteiger partial charge in [-0.15, -0.1) is 5.10 Å². The van der Waals surface area contributed by atoms with E-state index in [-0.39, 0.29) is 11.6 Å². The van der Waals surface area contributed by atoms with E-state index in [4.69, 9.17) is 4.42 Å². The monoisotopic (exact) mass is 496 g/mol. The first kappa shape index (κ1) is 24.6. The second-order valence-electron chi connectivity index (χ2n) is 9.51. The van der Waals surface area contributed by atoms with Crippen LogP contribution in [-0.4, -0.2) is 36.6 Å². The number of aromatic nitrogens is 5. The lowest BCUT2D eigenvalue weighted by Crippen LogP contribution is -2.34. The number of furan rings is 1. The summed E-state index contributed by atoms with van der Waals surface area (Å²) in [4.78, 5) is 18.6. The Labute approximate surface area is 215 Å². The summed E-state index contributed by atoms with van der Waals surface area (Å²) in [7, 11) is 0. The van der Waals surface area contributed by atoms with E-state index in [0.29, 0.717) is 13.1 Å². The Hall–Kier alpha value is -4.04. The number of aryl methyl sites for hydroxylation is 2. The third-order valence-corrected chi connectivity index (χ3v) is 7.04. The van der Waals surface area contributed by atoms with Crippen LogP contribution in [0.15, 0.2) is 76.1 Å². The molecule has 0 radical (unpaired) electrons. The van der Waals surface area contributed by atoms with Crippen LogP contribution in [-0.2, 0) is 19.5 Å². The lowest BCUT2D eigenvalue weighted by atomic mass is 10.0. The van der Waals surface area contributed by atoms with Crippen molar-refractivity contribution >= 4 is 10.9 Å². The van der Waals surface area contributed by atoms with Gasteiger partial charge in [-0.05, 0) is 77.4 Å². The molecule has 0 aliphatic rings. The summed E-state index contributed by atoms with van der Waals surface area (Å²) in [6.07, 6.45) is 3.29. The Morgan fingerprint density at radius 3 is 2.65 bits per heavy atom. The minimum Gasteiger partial charge on any atom is -0.467 e. The van der Waals surface area contributed by atoms with Crippen LogP contribution in [0, 0.1) is 13.8 Å². The fourth-order valence-corrected chi connectivity index (χ4v) is 4.98. The molecule has 0 amide bonds. The van der Waals surface area contributed by atoms with Crippen LogP contribution in [0.1, 0.15) is 53.2 Å². The molecular weight excluding hydrogens is 464 g/mol. The molecule has 5 aromatic rings. The Bertz CT molecular complexity index is 1540. The molecule has 8 heteroatoms. The van der Waals surface area contributed by atoms with E-state index >= 15 is 0 Å². The van der Waals surface area contributed by atoms with Gasteiger partial charge >= 0.3 is 0 Å². The molecule has 0 bridgehead atoms. The van der Waals surface area contributed by atoms with Gasteiger partial charge in [0.05, 0.1) is 17.8 Å². The second kappa shape index (κ2) is 10.9. The van der Waals surface area contributed by atoms with Gasteiger partial charge in [0, 0.05) is 18.7 Å². The van der Waals surface area contributed by atoms with Crippen molar-refractivity contribution in [3.63, 3.8) is 0 Å². The van der Waals surface area contributed by atoms with E-state index in [1.807, 2.05) is 43.3 Å². The van der Waals surface area contributed by atoms with E-state index in [2.05, 4.69) is 63.5 Å². The van der Waals surface area contributed by atoms with Crippen molar-refractivity contribution in [3.8, 4) is 0 Å². The number of pyridine rings is 1. The molecule has 3 heterocycles. The van der Waals surface area contributed by atoms with Crippen LogP contribution in [0.2, 0.25) is 0 Å². The third kappa shape index (κ3) is 5.39. The predicted molar refractivity (Wildman–Crippen MR) is 143 cm³/mol. The number of fused-ring (bicyclic) bond motifs is 1. The fraction of sp³-hybridized carbons (Fsp3) is 0.310. The fourth-order valence-electron chi connectivity index (χ4n) is 4.98. The largest absolute Gasteiger partial charge is 0.467 e. The lowest BCUT2D eigenvalue weighted by Gasteiger charge is -2.30. The summed E-state index contributed by atoms with van der Waals surface area (Å²) in [5.74, 6) is 1.55. The molecule has 0 fully saturated rings. The number of nitrogens with zero attached hydrogens (tertiary/aromatic N) is 5. The highest BCUT2D eigenvalue weighted by Gasteiger charge is 2.26. The summed E-state index contributed by atoms with van der Waals surface area (Å²) in [6, 6.07) is 20.2. The number of nitrogens with one attached hydrogen (secondary N) is 1. The average Bonchev–Trinajstić information content (AvgIpc) is 3.58. The molecule has 3 aromatic heterocycles. The van der Waals surface area contributed by atoms with Crippen molar-refractivity contribution in [2.24, 2.45) is 0 Å². The molecule has 0 aliphatic heterocycles. The molecule has 0 saturated heterocycles. The number of H-pyrrole nitrogens is 1. The van der Waals surface area contributed by atoms with Crippen molar-refractivity contribution < 1.29 is 4.42 Å². The van der Waals surface area contributed by atoms with Gasteiger partial charge in [-0.25, -0.2) is 4.68 Å². The highest BCUT2D eigenvalue weighted by molar-refractivity contribution is 5.81. The quantitative estimate of drug-likeness (QED) is 0.294. The maximum Gasteiger partial charge on any atom is 0.252 e. The zero-order valence-corrected chi connectivity index (χ0v) is 21.5. The SMILES string of the molecule is CC[C@H](c1nnnn1Cc1ccco1)N(CCc1ccccc1C)Cc1cc2cccc(C)c2[nH]c1=O. The average molecular weight is 497 g/mol. The summed E-state index contributed by atoms with van der Waals surface area (Å²) < 4.78 is 7.33. The maximum atomic E-state index is 13.2. The van der Waals surface area contributed by atoms with Crippen LogP contribution in [0.25, 0.3) is 10.9 Å². The minimum absolute atomic E-state index is 0.0623. The van der Waals surface area contributed by atoms with Gasteiger partial charge in [-0.2, -0.15) is 0 Å². The number of benzene rings is 2. The van der Waals surface area contributed by atoms with Crippen LogP contribution >= 0.6 is 0 Å². The maximum absolute atomic E-state index is 13.2. The van der Waals surface area contributed by atoms with Gasteiger partial charge in [0.25, 0.3) is 5.56 Å². The van der Waals surface area contributed by atoms with E-state index < -0.39 is 0 Å². The van der Waals surface area contributed by atoms with Crippen molar-refractivity contribution in [1.82, 2.24) is 30.1 Å². The van der Waals surface area contributed by atoms with Crippen molar-refractivity contribution in [2.45, 2.75) is 52.7 Å². The summed E-state index contributed by atoms with van der Waals surface area (Å²) in [5, 5.41) is 13.7. The second-order valence-corrected chi connectivity index (χ2v) is 9.51. The summed E-state index contributed by atoms with van der Waals surface area (Å²) >= 11 is 0. The molecule has 1 N–H and O–H groups in total. The van der Waals surface area contributed by atoms with Crippen molar-refractivity contribution in [1.29, 1.82) is 0 Å². The van der Waals surface area contributed by atoms with Crippen LogP contribution < -0.4 is 5.56 Å². The molecule has 5 rings (SSSR count). The summed E-state index contributed by atoms with van der Waals surface area (Å²) in [6.45, 7) is 7.97. The first-order valence-electron chi connectivity index (χ1n) is 12.7. The molecule has 1 atom stereocenters. The molecule has 8 nitrogen and oxygen atoms in total. The number of rotatable bonds is 10. The molecule has 37 heavy (non-hydrogen) atoms. The molecule has 0 saturated carbocycles. The van der Waals surface area contributed by atoms with Gasteiger partial charge in [-0.3, -0.25) is 9.69 Å². The summed E-state index contributed by atoms with van der Waals surface area (Å²) in [5.41, 5.74) is 5.16. The number of hydrogen-bond acceptors (Lipinski definition) is 6. The zero-order chi connectivity index (χ0) is 25.8. The molecule has 190 valence electrons. The Morgan fingerprint density at radius 2 is 1.86 bits per heavy atom. The topological polar surface area (TPSA) is 92.8 Å². The number of aromatic amines is 1. The van der Waals surface area contributed by atoms with E-state index in [0.717, 1.165) is 53.0 Å². The van der Waals surface area contributed by atoms with Gasteiger partial charge < -0.3 is 9.40 Å². The first-order chi connectivity index (χ1) is 18.0. The van der Waals surface area contributed by atoms with E-state index in [1.165, 1.54) is 11.1 Å². The zero-order valence-electron chi connectivity index (χ0n) is 21.5. The predicted octanol–water partition coefficient (Wildman–Crippen LogP) is 4.97. The Kier molecular flexibility index (Phi) is 7.28. The molecule has 0 aliphatic carbocycles. The Morgan fingerprint density at radius 1 is 1.03 bits per heavy atom. The molecule has 0 spiro atoms. The smallest absolute Gasteiger partial charge is 0.252 e. The number of tetrazole rings is 1. The van der Waals surface area contributed by atoms with Crippen LogP contribution in [0.5, 0.6) is 0 Å². The highest BCUT2D eigenvalue weighted by atomic mass is 16.3. The van der Waals surface area contributed by atoms with Gasteiger partial charge in [-0.1, -0.05) is 49.4 Å². The van der Waals surface area contributed by atoms with Gasteiger partial charge in [0.15, 0.2) is 5.82 Å². The van der Waals surface area contributed by atoms with E-state index in [1.54, 1.807) is 10.9 Å². The van der Waals surface area contributed by atoms with Crippen LogP contribution in [0.4, 0.5) is 0 Å². The standard InChI is InChI=1S/C29H32N6O2/c1-4-26(28-31-32-33-35(28)19-25-13-8-16-37-25)34(15-14-22-11-6-5-9-20(22)2)18-24-17-23-12-7-10-21(3)27(23)30-29(24)36/h5-13,16-17,26H,4,14-15,18-19H2,1-3H3,(H,30,36)/t26-/m1/s1. The van der Waals surface area contributed by atoms with Crippen LogP contribution in [0.3, 0.4) is 0 Å². The Balaban J connectivity index is 1.50. The van der Waals surface area contributed by atoms with Gasteiger partial charge in [0.1, 0.15) is 12.3 Å². The number of para-hydroxylation sites is 1. The minimum atomic E-state index is -0.0819. The normalized spacial score (nSPS) is 12.4. The van der Waals surface area contributed by atoms with Crippen molar-refractivity contribution in [2.75, 3.05) is 6.54 Å². The number of hydrogen-bond donors (Lipinski definition) is 1. The first-order valence-corrected chi connectivity index (χ1v) is 12.7. The molecule has 0 unspecified atom stereocenters. The molecular formula is C29H32N6O2. The highest BCUT2D eigenvalue weighted by Crippen LogP contribution is 2.26. The lowest BCUT2D eigenvalue weighted by molar-refractivity contribution is 0.171. The molecule has 2 aromatic carbocycles. The van der Waals surface area contributed by atoms with Crippen molar-refractivity contribution in [3.05, 3.63) is 111 Å². The van der Waals surface area contributed by atoms with E-state index in [9.17, 15) is 4.79 Å². The third-order valence-electron chi connectivity index (χ3n) is 7.04.